The van der Waals surface area contributed by atoms with Crippen molar-refractivity contribution in [3.05, 3.63) is 68.9 Å². The summed E-state index contributed by atoms with van der Waals surface area (Å²) in [5.41, 5.74) is 1.48. The van der Waals surface area contributed by atoms with E-state index in [1.165, 1.54) is 14.2 Å². The number of ether oxygens (including phenoxy) is 3. The lowest BCUT2D eigenvalue weighted by atomic mass is 9.92. The second-order valence-corrected chi connectivity index (χ2v) is 9.21. The minimum Gasteiger partial charge on any atom is -0.495 e. The first-order valence-corrected chi connectivity index (χ1v) is 12.0. The Morgan fingerprint density at radius 2 is 1.97 bits per heavy atom. The zero-order valence-electron chi connectivity index (χ0n) is 19.3. The molecule has 2 heterocycles. The zero-order valence-corrected chi connectivity index (χ0v) is 20.9. The first kappa shape index (κ1) is 24.2. The van der Waals surface area contributed by atoms with Crippen molar-refractivity contribution in [1.29, 1.82) is 0 Å². The molecule has 1 aliphatic rings. The summed E-state index contributed by atoms with van der Waals surface area (Å²) < 4.78 is 22.4. The van der Waals surface area contributed by atoms with Crippen LogP contribution >= 0.6 is 22.9 Å². The minimum absolute atomic E-state index is 0.150. The molecule has 0 saturated carbocycles. The summed E-state index contributed by atoms with van der Waals surface area (Å²) >= 11 is 7.85. The van der Waals surface area contributed by atoms with Gasteiger partial charge < -0.3 is 18.6 Å². The number of hydrogen-bond donors (Lipinski definition) is 0. The molecule has 0 spiro atoms. The number of rotatable bonds is 9. The van der Waals surface area contributed by atoms with E-state index in [1.807, 2.05) is 26.0 Å². The second kappa shape index (κ2) is 10.5. The normalized spacial score (nSPS) is 16.3. The largest absolute Gasteiger partial charge is 0.495 e. The molecule has 0 aliphatic heterocycles. The molecular weight excluding hydrogens is 476 g/mol. The summed E-state index contributed by atoms with van der Waals surface area (Å²) in [5.74, 6) is 1.50. The van der Waals surface area contributed by atoms with Gasteiger partial charge in [0.2, 0.25) is 5.78 Å². The summed E-state index contributed by atoms with van der Waals surface area (Å²) in [5, 5.41) is 10.6. The van der Waals surface area contributed by atoms with Crippen LogP contribution in [0, 0.1) is 6.92 Å². The maximum absolute atomic E-state index is 13.3. The number of Topliss-reactive ketones (excluding diaryl/α,β-unsaturated/α-hetero) is 1. The molecule has 9 heteroatoms. The van der Waals surface area contributed by atoms with E-state index in [0.717, 1.165) is 22.0 Å². The van der Waals surface area contributed by atoms with E-state index in [4.69, 9.17) is 30.2 Å². The van der Waals surface area contributed by atoms with Crippen LogP contribution in [0.4, 0.5) is 0 Å². The molecule has 34 heavy (non-hydrogen) atoms. The number of aromatic nitrogens is 2. The van der Waals surface area contributed by atoms with Gasteiger partial charge in [-0.2, -0.15) is 0 Å². The van der Waals surface area contributed by atoms with Crippen LogP contribution in [0.5, 0.6) is 11.5 Å². The van der Waals surface area contributed by atoms with Gasteiger partial charge in [0.05, 0.1) is 14.2 Å². The van der Waals surface area contributed by atoms with E-state index in [-0.39, 0.29) is 17.5 Å². The minimum atomic E-state index is -0.758. The topological polar surface area (TPSA) is 83.7 Å². The van der Waals surface area contributed by atoms with Crippen molar-refractivity contribution < 1.29 is 23.4 Å². The molecule has 1 aromatic carbocycles. The zero-order chi connectivity index (χ0) is 24.2. The van der Waals surface area contributed by atoms with Gasteiger partial charge in [-0.3, -0.25) is 4.79 Å². The first-order valence-electron chi connectivity index (χ1n) is 10.8. The lowest BCUT2D eigenvalue weighted by molar-refractivity contribution is 0.0556. The number of aryl methyl sites for hydroxylation is 1. The average Bonchev–Trinajstić information content (AvgIpc) is 3.52. The van der Waals surface area contributed by atoms with Crippen LogP contribution in [-0.2, 0) is 4.74 Å². The second-order valence-electron chi connectivity index (χ2n) is 7.62. The van der Waals surface area contributed by atoms with E-state index >= 15 is 0 Å². The number of carbonyl (C=O) groups excluding carboxylic acids is 1. The predicted molar refractivity (Wildman–Crippen MR) is 131 cm³/mol. The number of halogens is 1. The van der Waals surface area contributed by atoms with E-state index in [0.29, 0.717) is 34.5 Å². The van der Waals surface area contributed by atoms with Crippen LogP contribution in [0.2, 0.25) is 5.02 Å². The molecule has 2 aromatic heterocycles. The first-order chi connectivity index (χ1) is 16.4. The number of furan rings is 1. The fourth-order valence-electron chi connectivity index (χ4n) is 3.73. The monoisotopic (exact) mass is 500 g/mol. The molecule has 0 fully saturated rings. The SMILES string of the molecule is CCO[C@H](C(=O)c1ccc(-c2cc(OC)c(Cl)c(OC)c2)o1)C1=CCC(c2nnc(C)s2)C=C1. The molecule has 1 aliphatic carbocycles. The third-order valence-electron chi connectivity index (χ3n) is 5.44. The maximum atomic E-state index is 13.3. The number of methoxy groups -OCH3 is 2. The molecule has 0 bridgehead atoms. The molecule has 0 amide bonds. The van der Waals surface area contributed by atoms with Crippen molar-refractivity contribution in [3.63, 3.8) is 0 Å². The number of allylic oxidation sites excluding steroid dienone is 2. The Morgan fingerprint density at radius 1 is 1.24 bits per heavy atom. The molecule has 178 valence electrons. The molecule has 1 unspecified atom stereocenters. The molecule has 0 radical (unpaired) electrons. The maximum Gasteiger partial charge on any atom is 0.231 e. The average molecular weight is 501 g/mol. The van der Waals surface area contributed by atoms with Crippen LogP contribution in [0.25, 0.3) is 11.3 Å². The van der Waals surface area contributed by atoms with Crippen LogP contribution in [0.3, 0.4) is 0 Å². The Kier molecular flexibility index (Phi) is 7.50. The van der Waals surface area contributed by atoms with Crippen molar-refractivity contribution in [1.82, 2.24) is 10.2 Å². The van der Waals surface area contributed by atoms with Gasteiger partial charge in [-0.05, 0) is 50.1 Å². The summed E-state index contributed by atoms with van der Waals surface area (Å²) in [6.07, 6.45) is 5.98. The number of nitrogens with zero attached hydrogens (tertiary/aromatic N) is 2. The van der Waals surface area contributed by atoms with Gasteiger partial charge in [0.1, 0.15) is 38.4 Å². The third kappa shape index (κ3) is 4.94. The van der Waals surface area contributed by atoms with Gasteiger partial charge in [0.25, 0.3) is 0 Å². The van der Waals surface area contributed by atoms with Crippen LogP contribution in [0.15, 0.2) is 52.5 Å². The Labute approximate surface area is 207 Å². The summed E-state index contributed by atoms with van der Waals surface area (Å²) in [6.45, 7) is 4.19. The van der Waals surface area contributed by atoms with Crippen LogP contribution in [0.1, 0.15) is 39.8 Å². The summed E-state index contributed by atoms with van der Waals surface area (Å²) in [6, 6.07) is 6.85. The van der Waals surface area contributed by atoms with Crippen molar-refractivity contribution >= 4 is 28.7 Å². The molecule has 4 rings (SSSR count). The Bertz CT molecular complexity index is 1220. The van der Waals surface area contributed by atoms with E-state index in [2.05, 4.69) is 16.3 Å². The fraction of sp³-hybridized carbons (Fsp3) is 0.320. The highest BCUT2D eigenvalue weighted by Gasteiger charge is 2.28. The molecule has 0 saturated heterocycles. The molecule has 3 aromatic rings. The highest BCUT2D eigenvalue weighted by Crippen LogP contribution is 2.39. The molecule has 0 N–H and O–H groups in total. The summed E-state index contributed by atoms with van der Waals surface area (Å²) in [7, 11) is 3.05. The van der Waals surface area contributed by atoms with Crippen molar-refractivity contribution in [2.24, 2.45) is 0 Å². The fourth-order valence-corrected chi connectivity index (χ4v) is 4.79. The van der Waals surface area contributed by atoms with Crippen molar-refractivity contribution in [3.8, 4) is 22.8 Å². The standard InChI is InChI=1S/C25H25ClN2O5S/c1-5-32-24(15-6-8-16(9-7-15)25-28-27-14(2)34-25)23(29)19-11-10-18(33-19)17-12-20(30-3)22(26)21(13-17)31-4/h6-8,10-13,16,24H,5,9H2,1-4H3/t16?,24-/m0/s1. The Balaban J connectivity index is 1.56. The van der Waals surface area contributed by atoms with E-state index < -0.39 is 6.10 Å². The van der Waals surface area contributed by atoms with Gasteiger partial charge in [-0.1, -0.05) is 29.8 Å². The Morgan fingerprint density at radius 3 is 2.53 bits per heavy atom. The van der Waals surface area contributed by atoms with Gasteiger partial charge in [0.15, 0.2) is 5.76 Å². The number of benzene rings is 1. The number of carbonyl (C=O) groups is 1. The smallest absolute Gasteiger partial charge is 0.231 e. The van der Waals surface area contributed by atoms with Crippen LogP contribution < -0.4 is 9.47 Å². The number of hydrogen-bond acceptors (Lipinski definition) is 8. The van der Waals surface area contributed by atoms with Gasteiger partial charge in [-0.25, -0.2) is 0 Å². The van der Waals surface area contributed by atoms with Gasteiger partial charge in [-0.15, -0.1) is 21.5 Å². The quantitative estimate of drug-likeness (QED) is 0.331. The van der Waals surface area contributed by atoms with Gasteiger partial charge >= 0.3 is 0 Å². The van der Waals surface area contributed by atoms with Crippen molar-refractivity contribution in [2.75, 3.05) is 20.8 Å². The third-order valence-corrected chi connectivity index (χ3v) is 6.78. The molecule has 7 nitrogen and oxygen atoms in total. The lowest BCUT2D eigenvalue weighted by Crippen LogP contribution is -2.26. The van der Waals surface area contributed by atoms with E-state index in [1.54, 1.807) is 35.6 Å². The summed E-state index contributed by atoms with van der Waals surface area (Å²) in [4.78, 5) is 13.3. The van der Waals surface area contributed by atoms with Gasteiger partial charge in [0, 0.05) is 18.1 Å². The van der Waals surface area contributed by atoms with Crippen molar-refractivity contribution in [2.45, 2.75) is 32.3 Å². The molecular formula is C25H25ClN2O5S. The van der Waals surface area contributed by atoms with E-state index in [9.17, 15) is 4.79 Å². The highest BCUT2D eigenvalue weighted by atomic mass is 35.5. The number of ketones is 1. The Hall–Kier alpha value is -2.94. The predicted octanol–water partition coefficient (Wildman–Crippen LogP) is 6.04. The lowest BCUT2D eigenvalue weighted by Gasteiger charge is -2.20. The molecule has 2 atom stereocenters. The van der Waals surface area contributed by atoms with Crippen LogP contribution in [-0.4, -0.2) is 42.9 Å². The highest BCUT2D eigenvalue weighted by molar-refractivity contribution is 7.11.